The Morgan fingerprint density at radius 2 is 1.92 bits per heavy atom. The van der Waals surface area contributed by atoms with Gasteiger partial charge in [0.25, 0.3) is 0 Å². The summed E-state index contributed by atoms with van der Waals surface area (Å²) >= 11 is 0. The first-order chi connectivity index (χ1) is 12.4. The van der Waals surface area contributed by atoms with Gasteiger partial charge in [0.1, 0.15) is 12.1 Å². The Morgan fingerprint density at radius 3 is 2.54 bits per heavy atom. The Hall–Kier alpha value is -2.37. The highest BCUT2D eigenvalue weighted by Gasteiger charge is 2.38. The molecule has 0 aromatic heterocycles. The summed E-state index contributed by atoms with van der Waals surface area (Å²) in [6, 6.07) is 8.49. The lowest BCUT2D eigenvalue weighted by molar-refractivity contribution is -0.149. The molecule has 1 saturated heterocycles. The van der Waals surface area contributed by atoms with Crippen LogP contribution in [0.15, 0.2) is 30.3 Å². The highest BCUT2D eigenvalue weighted by molar-refractivity contribution is 5.91. The van der Waals surface area contributed by atoms with E-state index < -0.39 is 18.1 Å². The fourth-order valence-electron chi connectivity index (χ4n) is 3.32. The zero-order valence-electron chi connectivity index (χ0n) is 15.5. The number of carboxylic acid groups (broad SMARTS) is 1. The standard InChI is InChI=1S/C20H28N2O4/c1-14(2)18(19(24)22-13-7-11-16(22)20(25)26)21-17(23)12-6-10-15-8-4-3-5-9-15/h3-5,8-9,14,16,18H,6-7,10-13H2,1-2H3,(H,21,23)(H,25,26)/t16-,18-/m0/s1. The van der Waals surface area contributed by atoms with Crippen molar-refractivity contribution in [2.24, 2.45) is 5.92 Å². The second-order valence-electron chi connectivity index (χ2n) is 7.16. The van der Waals surface area contributed by atoms with E-state index in [1.807, 2.05) is 44.2 Å². The van der Waals surface area contributed by atoms with Crippen LogP contribution >= 0.6 is 0 Å². The molecule has 1 aliphatic rings. The van der Waals surface area contributed by atoms with Crippen LogP contribution in [-0.2, 0) is 20.8 Å². The predicted octanol–water partition coefficient (Wildman–Crippen LogP) is 2.23. The van der Waals surface area contributed by atoms with Crippen molar-refractivity contribution >= 4 is 17.8 Å². The van der Waals surface area contributed by atoms with Gasteiger partial charge in [0, 0.05) is 13.0 Å². The lowest BCUT2D eigenvalue weighted by atomic mass is 10.0. The summed E-state index contributed by atoms with van der Waals surface area (Å²) in [5.41, 5.74) is 1.18. The Morgan fingerprint density at radius 1 is 1.23 bits per heavy atom. The smallest absolute Gasteiger partial charge is 0.326 e. The summed E-state index contributed by atoms with van der Waals surface area (Å²) < 4.78 is 0. The van der Waals surface area contributed by atoms with Gasteiger partial charge in [-0.15, -0.1) is 0 Å². The Bertz CT molecular complexity index is 630. The molecule has 0 radical (unpaired) electrons. The normalized spacial score (nSPS) is 18.0. The van der Waals surface area contributed by atoms with Gasteiger partial charge >= 0.3 is 5.97 Å². The van der Waals surface area contributed by atoms with Crippen LogP contribution in [0.4, 0.5) is 0 Å². The van der Waals surface area contributed by atoms with Crippen LogP contribution in [0.1, 0.15) is 45.1 Å². The van der Waals surface area contributed by atoms with Gasteiger partial charge in [0.05, 0.1) is 0 Å². The quantitative estimate of drug-likeness (QED) is 0.744. The van der Waals surface area contributed by atoms with E-state index >= 15 is 0 Å². The van der Waals surface area contributed by atoms with Gasteiger partial charge in [-0.2, -0.15) is 0 Å². The van der Waals surface area contributed by atoms with Crippen LogP contribution in [0.3, 0.4) is 0 Å². The number of rotatable bonds is 8. The third kappa shape index (κ3) is 5.31. The Labute approximate surface area is 154 Å². The van der Waals surface area contributed by atoms with Crippen LogP contribution in [-0.4, -0.2) is 46.4 Å². The minimum Gasteiger partial charge on any atom is -0.480 e. The van der Waals surface area contributed by atoms with Crippen molar-refractivity contribution in [1.82, 2.24) is 10.2 Å². The maximum absolute atomic E-state index is 12.8. The van der Waals surface area contributed by atoms with Crippen molar-refractivity contribution in [3.05, 3.63) is 35.9 Å². The summed E-state index contributed by atoms with van der Waals surface area (Å²) in [5, 5.41) is 12.1. The second-order valence-corrected chi connectivity index (χ2v) is 7.16. The van der Waals surface area contributed by atoms with E-state index in [9.17, 15) is 19.5 Å². The molecule has 0 saturated carbocycles. The molecule has 1 aromatic carbocycles. The number of carboxylic acids is 1. The molecule has 0 unspecified atom stereocenters. The zero-order chi connectivity index (χ0) is 19.1. The first-order valence-electron chi connectivity index (χ1n) is 9.26. The van der Waals surface area contributed by atoms with Gasteiger partial charge in [-0.3, -0.25) is 9.59 Å². The number of aliphatic carboxylic acids is 1. The fourth-order valence-corrected chi connectivity index (χ4v) is 3.32. The fraction of sp³-hybridized carbons (Fsp3) is 0.550. The lowest BCUT2D eigenvalue weighted by Crippen LogP contribution is -2.53. The van der Waals surface area contributed by atoms with E-state index in [-0.39, 0.29) is 17.7 Å². The summed E-state index contributed by atoms with van der Waals surface area (Å²) in [7, 11) is 0. The summed E-state index contributed by atoms with van der Waals surface area (Å²) in [5.74, 6) is -1.54. The molecule has 0 bridgehead atoms. The van der Waals surface area contributed by atoms with Gasteiger partial charge in [-0.1, -0.05) is 44.2 Å². The number of carbonyl (C=O) groups excluding carboxylic acids is 2. The van der Waals surface area contributed by atoms with Crippen LogP contribution in [0, 0.1) is 5.92 Å². The lowest BCUT2D eigenvalue weighted by Gasteiger charge is -2.29. The average Bonchev–Trinajstić information content (AvgIpc) is 3.10. The van der Waals surface area contributed by atoms with Crippen molar-refractivity contribution in [3.8, 4) is 0 Å². The molecule has 142 valence electrons. The van der Waals surface area contributed by atoms with Crippen LogP contribution in [0.5, 0.6) is 0 Å². The minimum absolute atomic E-state index is 0.101. The number of hydrogen-bond donors (Lipinski definition) is 2. The molecule has 6 nitrogen and oxygen atoms in total. The minimum atomic E-state index is -0.979. The third-order valence-electron chi connectivity index (χ3n) is 4.78. The third-order valence-corrected chi connectivity index (χ3v) is 4.78. The number of aryl methyl sites for hydroxylation is 1. The van der Waals surface area contributed by atoms with E-state index in [4.69, 9.17) is 0 Å². The van der Waals surface area contributed by atoms with Gasteiger partial charge in [0.2, 0.25) is 11.8 Å². The van der Waals surface area contributed by atoms with Gasteiger partial charge in [-0.25, -0.2) is 4.79 Å². The predicted molar refractivity (Wildman–Crippen MR) is 98.5 cm³/mol. The first kappa shape index (κ1) is 19.9. The van der Waals surface area contributed by atoms with Crippen molar-refractivity contribution in [2.75, 3.05) is 6.54 Å². The summed E-state index contributed by atoms with van der Waals surface area (Å²) in [4.78, 5) is 37.8. The van der Waals surface area contributed by atoms with Crippen molar-refractivity contribution in [3.63, 3.8) is 0 Å². The van der Waals surface area contributed by atoms with E-state index in [1.54, 1.807) is 0 Å². The SMILES string of the molecule is CC(C)[C@H](NC(=O)CCCc1ccccc1)C(=O)N1CCC[C@H]1C(=O)O. The van der Waals surface area contributed by atoms with Crippen molar-refractivity contribution in [1.29, 1.82) is 0 Å². The van der Waals surface area contributed by atoms with Crippen LogP contribution in [0.2, 0.25) is 0 Å². The molecule has 1 fully saturated rings. The number of nitrogens with one attached hydrogen (secondary N) is 1. The number of likely N-dealkylation sites (tertiary alicyclic amines) is 1. The zero-order valence-corrected chi connectivity index (χ0v) is 15.5. The molecule has 1 aliphatic heterocycles. The number of hydrogen-bond acceptors (Lipinski definition) is 3. The molecule has 26 heavy (non-hydrogen) atoms. The maximum atomic E-state index is 12.8. The first-order valence-corrected chi connectivity index (χ1v) is 9.26. The molecule has 0 aliphatic carbocycles. The largest absolute Gasteiger partial charge is 0.480 e. The van der Waals surface area contributed by atoms with Crippen LogP contribution < -0.4 is 5.32 Å². The molecule has 2 amide bonds. The monoisotopic (exact) mass is 360 g/mol. The highest BCUT2D eigenvalue weighted by atomic mass is 16.4. The Kier molecular flexibility index (Phi) is 7.18. The highest BCUT2D eigenvalue weighted by Crippen LogP contribution is 2.20. The number of carbonyl (C=O) groups is 3. The van der Waals surface area contributed by atoms with Gasteiger partial charge in [-0.05, 0) is 37.2 Å². The van der Waals surface area contributed by atoms with E-state index in [1.165, 1.54) is 10.5 Å². The number of amides is 2. The molecule has 2 rings (SSSR count). The van der Waals surface area contributed by atoms with Crippen LogP contribution in [0.25, 0.3) is 0 Å². The second kappa shape index (κ2) is 9.36. The molecule has 1 heterocycles. The van der Waals surface area contributed by atoms with Gasteiger partial charge < -0.3 is 15.3 Å². The van der Waals surface area contributed by atoms with Crippen molar-refractivity contribution in [2.45, 2.75) is 58.0 Å². The summed E-state index contributed by atoms with van der Waals surface area (Å²) in [6.45, 7) is 4.15. The molecule has 2 N–H and O–H groups in total. The Balaban J connectivity index is 1.89. The van der Waals surface area contributed by atoms with E-state index in [2.05, 4.69) is 5.32 Å². The van der Waals surface area contributed by atoms with E-state index in [0.29, 0.717) is 32.2 Å². The molecule has 2 atom stereocenters. The average molecular weight is 360 g/mol. The number of benzene rings is 1. The number of nitrogens with zero attached hydrogens (tertiary/aromatic N) is 1. The topological polar surface area (TPSA) is 86.7 Å². The molecule has 0 spiro atoms. The molecule has 6 heteroatoms. The molecular formula is C20H28N2O4. The molecule has 1 aromatic rings. The molecular weight excluding hydrogens is 332 g/mol. The summed E-state index contributed by atoms with van der Waals surface area (Å²) in [6.07, 6.45) is 3.00. The van der Waals surface area contributed by atoms with E-state index in [0.717, 1.165) is 6.42 Å². The maximum Gasteiger partial charge on any atom is 0.326 e. The van der Waals surface area contributed by atoms with Crippen molar-refractivity contribution < 1.29 is 19.5 Å². The van der Waals surface area contributed by atoms with Gasteiger partial charge in [0.15, 0.2) is 0 Å².